The van der Waals surface area contributed by atoms with Crippen molar-refractivity contribution in [2.45, 2.75) is 4.34 Å². The maximum atomic E-state index is 9.46. The molecule has 0 aliphatic rings. The number of para-hydroxylation sites is 1. The van der Waals surface area contributed by atoms with E-state index in [2.05, 4.69) is 11.1 Å². The van der Waals surface area contributed by atoms with Gasteiger partial charge in [-0.3, -0.25) is 0 Å². The van der Waals surface area contributed by atoms with Crippen molar-refractivity contribution in [2.24, 2.45) is 0 Å². The fourth-order valence-corrected chi connectivity index (χ4v) is 4.48. The lowest BCUT2D eigenvalue weighted by molar-refractivity contribution is 0.572. The number of aromatic nitrogens is 1. The van der Waals surface area contributed by atoms with E-state index in [0.29, 0.717) is 15.7 Å². The van der Waals surface area contributed by atoms with Crippen molar-refractivity contribution in [1.82, 2.24) is 4.98 Å². The number of thiazole rings is 1. The Balaban J connectivity index is 1.57. The van der Waals surface area contributed by atoms with Gasteiger partial charge in [-0.15, -0.1) is 11.3 Å². The summed E-state index contributed by atoms with van der Waals surface area (Å²) in [6, 6.07) is 21.3. The number of halogens is 1. The van der Waals surface area contributed by atoms with Crippen molar-refractivity contribution in [3.05, 3.63) is 76.4 Å². The number of allylic oxidation sites excluding steroid dienone is 1. The summed E-state index contributed by atoms with van der Waals surface area (Å²) in [6.07, 6.45) is 1.73. The Bertz CT molecular complexity index is 1100. The Morgan fingerprint density at radius 3 is 2.69 bits per heavy atom. The first-order chi connectivity index (χ1) is 12.7. The van der Waals surface area contributed by atoms with Gasteiger partial charge in [0.15, 0.2) is 4.34 Å². The average Bonchev–Trinajstić information content (AvgIpc) is 3.28. The topological polar surface area (TPSA) is 49.8 Å². The third-order valence-corrected chi connectivity index (χ3v) is 5.89. The number of nitrogens with zero attached hydrogens (tertiary/aromatic N) is 2. The highest BCUT2D eigenvalue weighted by molar-refractivity contribution is 8.05. The van der Waals surface area contributed by atoms with Crippen molar-refractivity contribution in [3.63, 3.8) is 0 Å². The molecule has 2 aromatic heterocycles. The van der Waals surface area contributed by atoms with Crippen LogP contribution >= 0.6 is 34.7 Å². The Hall–Kier alpha value is -2.52. The predicted molar refractivity (Wildman–Crippen MR) is 108 cm³/mol. The van der Waals surface area contributed by atoms with Gasteiger partial charge < -0.3 is 4.42 Å². The number of benzene rings is 2. The van der Waals surface area contributed by atoms with Crippen LogP contribution in [0.25, 0.3) is 27.6 Å². The first-order valence-electron chi connectivity index (χ1n) is 7.72. The summed E-state index contributed by atoms with van der Waals surface area (Å²) in [5.41, 5.74) is 1.88. The van der Waals surface area contributed by atoms with Crippen LogP contribution in [0.1, 0.15) is 5.76 Å². The summed E-state index contributed by atoms with van der Waals surface area (Å²) in [5.74, 6) is 1.36. The van der Waals surface area contributed by atoms with Crippen LogP contribution in [0.5, 0.6) is 0 Å². The molecular weight excluding hydrogens is 384 g/mol. The zero-order valence-electron chi connectivity index (χ0n) is 13.3. The molecule has 0 bridgehead atoms. The van der Waals surface area contributed by atoms with Gasteiger partial charge in [0.2, 0.25) is 0 Å². The Labute approximate surface area is 163 Å². The van der Waals surface area contributed by atoms with Gasteiger partial charge in [0.1, 0.15) is 17.6 Å². The number of furan rings is 1. The van der Waals surface area contributed by atoms with Crippen LogP contribution in [0, 0.1) is 11.3 Å². The zero-order chi connectivity index (χ0) is 17.9. The molecule has 0 radical (unpaired) electrons. The molecule has 4 aromatic rings. The molecule has 0 saturated carbocycles. The van der Waals surface area contributed by atoms with E-state index < -0.39 is 0 Å². The van der Waals surface area contributed by atoms with Crippen molar-refractivity contribution in [2.75, 3.05) is 0 Å². The second kappa shape index (κ2) is 7.38. The van der Waals surface area contributed by atoms with Crippen molar-refractivity contribution in [1.29, 1.82) is 5.26 Å². The Morgan fingerprint density at radius 1 is 1.12 bits per heavy atom. The van der Waals surface area contributed by atoms with E-state index in [1.165, 1.54) is 11.8 Å². The largest absolute Gasteiger partial charge is 0.457 e. The molecule has 0 aliphatic heterocycles. The van der Waals surface area contributed by atoms with Gasteiger partial charge in [-0.25, -0.2) is 4.98 Å². The third-order valence-electron chi connectivity index (χ3n) is 3.61. The standard InChI is InChI=1S/C20H11ClN2OS2/c21-14-7-5-13(6-8-14)18-10-9-15(24-18)11-16(12-22)25-20-23-17-3-1-2-4-19(17)26-20/h1-11H/b16-11+. The Kier molecular flexibility index (Phi) is 4.81. The third kappa shape index (κ3) is 3.68. The molecule has 0 N–H and O–H groups in total. The molecule has 0 spiro atoms. The normalized spacial score (nSPS) is 11.6. The van der Waals surface area contributed by atoms with Crippen molar-refractivity contribution >= 4 is 51.0 Å². The molecule has 6 heteroatoms. The van der Waals surface area contributed by atoms with Gasteiger partial charge in [-0.2, -0.15) is 5.26 Å². The highest BCUT2D eigenvalue weighted by Gasteiger charge is 2.09. The molecule has 2 aromatic carbocycles. The summed E-state index contributed by atoms with van der Waals surface area (Å²) < 4.78 is 7.78. The van der Waals surface area contributed by atoms with Gasteiger partial charge in [-0.1, -0.05) is 23.7 Å². The molecule has 0 fully saturated rings. The molecule has 0 atom stereocenters. The lowest BCUT2D eigenvalue weighted by Gasteiger charge is -1.97. The summed E-state index contributed by atoms with van der Waals surface area (Å²) in [7, 11) is 0. The SMILES string of the molecule is N#C/C(=C\c1ccc(-c2ccc(Cl)cc2)o1)Sc1nc2ccccc2s1. The van der Waals surface area contributed by atoms with Crippen LogP contribution in [0.2, 0.25) is 5.02 Å². The van der Waals surface area contributed by atoms with E-state index in [0.717, 1.165) is 25.9 Å². The molecule has 26 heavy (non-hydrogen) atoms. The minimum atomic E-state index is 0.529. The maximum Gasteiger partial charge on any atom is 0.156 e. The fraction of sp³-hybridized carbons (Fsp3) is 0. The van der Waals surface area contributed by atoms with Crippen LogP contribution in [0.15, 0.2) is 74.3 Å². The summed E-state index contributed by atoms with van der Waals surface area (Å²) in [4.78, 5) is 5.08. The molecule has 0 aliphatic carbocycles. The maximum absolute atomic E-state index is 9.46. The quantitative estimate of drug-likeness (QED) is 0.280. The molecule has 0 amide bonds. The van der Waals surface area contributed by atoms with E-state index in [4.69, 9.17) is 16.0 Å². The van der Waals surface area contributed by atoms with Crippen LogP contribution in [0.4, 0.5) is 0 Å². The molecule has 4 rings (SSSR count). The number of rotatable bonds is 4. The number of thioether (sulfide) groups is 1. The minimum Gasteiger partial charge on any atom is -0.457 e. The summed E-state index contributed by atoms with van der Waals surface area (Å²) in [6.45, 7) is 0. The average molecular weight is 395 g/mol. The fourth-order valence-electron chi connectivity index (χ4n) is 2.40. The number of nitriles is 1. The predicted octanol–water partition coefficient (Wildman–Crippen LogP) is 6.87. The molecular formula is C20H11ClN2OS2. The van der Waals surface area contributed by atoms with Crippen LogP contribution < -0.4 is 0 Å². The minimum absolute atomic E-state index is 0.529. The van der Waals surface area contributed by atoms with E-state index in [9.17, 15) is 5.26 Å². The smallest absolute Gasteiger partial charge is 0.156 e. The zero-order valence-corrected chi connectivity index (χ0v) is 15.7. The Morgan fingerprint density at radius 2 is 1.92 bits per heavy atom. The van der Waals surface area contributed by atoms with E-state index in [1.54, 1.807) is 17.4 Å². The summed E-state index contributed by atoms with van der Waals surface area (Å²) >= 11 is 8.83. The van der Waals surface area contributed by atoms with Crippen molar-refractivity contribution < 1.29 is 4.42 Å². The van der Waals surface area contributed by atoms with E-state index >= 15 is 0 Å². The second-order valence-corrected chi connectivity index (χ2v) is 8.14. The lowest BCUT2D eigenvalue weighted by Crippen LogP contribution is -1.74. The highest BCUT2D eigenvalue weighted by atomic mass is 35.5. The van der Waals surface area contributed by atoms with Gasteiger partial charge in [-0.05, 0) is 60.3 Å². The van der Waals surface area contributed by atoms with Gasteiger partial charge in [0.05, 0.1) is 15.1 Å². The molecule has 0 saturated heterocycles. The van der Waals surface area contributed by atoms with Gasteiger partial charge >= 0.3 is 0 Å². The molecule has 3 nitrogen and oxygen atoms in total. The number of hydrogen-bond acceptors (Lipinski definition) is 5. The van der Waals surface area contributed by atoms with Gasteiger partial charge in [0, 0.05) is 16.7 Å². The number of hydrogen-bond donors (Lipinski definition) is 0. The van der Waals surface area contributed by atoms with Crippen LogP contribution in [0.3, 0.4) is 0 Å². The molecule has 126 valence electrons. The van der Waals surface area contributed by atoms with Crippen molar-refractivity contribution in [3.8, 4) is 17.4 Å². The first kappa shape index (κ1) is 16.9. The van der Waals surface area contributed by atoms with Gasteiger partial charge in [0.25, 0.3) is 0 Å². The molecule has 0 unspecified atom stereocenters. The highest BCUT2D eigenvalue weighted by Crippen LogP contribution is 2.35. The monoisotopic (exact) mass is 394 g/mol. The van der Waals surface area contributed by atoms with Crippen LogP contribution in [-0.2, 0) is 0 Å². The number of fused-ring (bicyclic) bond motifs is 1. The second-order valence-electron chi connectivity index (χ2n) is 5.38. The summed E-state index contributed by atoms with van der Waals surface area (Å²) in [5, 5.41) is 10.1. The molecule has 2 heterocycles. The van der Waals surface area contributed by atoms with E-state index in [-0.39, 0.29) is 0 Å². The van der Waals surface area contributed by atoms with Crippen LogP contribution in [-0.4, -0.2) is 4.98 Å². The first-order valence-corrected chi connectivity index (χ1v) is 9.73. The van der Waals surface area contributed by atoms with E-state index in [1.807, 2.05) is 60.7 Å². The lowest BCUT2D eigenvalue weighted by atomic mass is 10.2.